The van der Waals surface area contributed by atoms with E-state index < -0.39 is 5.91 Å². The van der Waals surface area contributed by atoms with Crippen LogP contribution in [-0.4, -0.2) is 34.3 Å². The van der Waals surface area contributed by atoms with Gasteiger partial charge in [-0.3, -0.25) is 14.9 Å². The molecule has 6 nitrogen and oxygen atoms in total. The van der Waals surface area contributed by atoms with Crippen LogP contribution in [0.4, 0.5) is 0 Å². The summed E-state index contributed by atoms with van der Waals surface area (Å²) in [6.45, 7) is 1.35. The first-order chi connectivity index (χ1) is 12.2. The molecule has 132 valence electrons. The number of fused-ring (bicyclic) bond motifs is 1. The molecule has 0 saturated heterocycles. The van der Waals surface area contributed by atoms with Gasteiger partial charge in [0, 0.05) is 18.7 Å². The van der Waals surface area contributed by atoms with Crippen LogP contribution in [0.1, 0.15) is 34.9 Å². The molecule has 1 aromatic heterocycles. The van der Waals surface area contributed by atoms with Gasteiger partial charge in [-0.05, 0) is 47.7 Å². The highest BCUT2D eigenvalue weighted by molar-refractivity contribution is 5.90. The van der Waals surface area contributed by atoms with Gasteiger partial charge in [0.1, 0.15) is 5.76 Å². The second-order valence-electron chi connectivity index (χ2n) is 6.10. The predicted octanol–water partition coefficient (Wildman–Crippen LogP) is 2.28. The summed E-state index contributed by atoms with van der Waals surface area (Å²) >= 11 is 0. The molecule has 1 heterocycles. The van der Waals surface area contributed by atoms with Crippen LogP contribution in [0.25, 0.3) is 6.08 Å². The Labute approximate surface area is 146 Å². The highest BCUT2D eigenvalue weighted by Crippen LogP contribution is 2.37. The van der Waals surface area contributed by atoms with Crippen molar-refractivity contribution < 1.29 is 19.5 Å². The molecule has 2 aromatic rings. The number of aryl methyl sites for hydroxylation is 1. The molecule has 3 N–H and O–H groups in total. The molecular formula is C19H22N2O4. The van der Waals surface area contributed by atoms with Gasteiger partial charge in [-0.2, -0.15) is 0 Å². The number of rotatable bonds is 7. The number of hydroxylamine groups is 1. The van der Waals surface area contributed by atoms with Gasteiger partial charge >= 0.3 is 0 Å². The van der Waals surface area contributed by atoms with E-state index >= 15 is 0 Å². The Kier molecular flexibility index (Phi) is 5.65. The number of benzene rings is 1. The number of hydrogen-bond donors (Lipinski definition) is 3. The Morgan fingerprint density at radius 3 is 3.00 bits per heavy atom. The molecular weight excluding hydrogens is 320 g/mol. The maximum atomic E-state index is 11.1. The smallest absolute Gasteiger partial charge is 0.267 e. The van der Waals surface area contributed by atoms with Crippen LogP contribution in [0.2, 0.25) is 0 Å². The summed E-state index contributed by atoms with van der Waals surface area (Å²) in [7, 11) is 0. The summed E-state index contributed by atoms with van der Waals surface area (Å²) < 4.78 is 5.45. The average molecular weight is 342 g/mol. The summed E-state index contributed by atoms with van der Waals surface area (Å²) in [6, 6.07) is 10.2. The molecule has 1 aromatic carbocycles. The van der Waals surface area contributed by atoms with E-state index in [-0.39, 0.29) is 12.6 Å². The van der Waals surface area contributed by atoms with E-state index in [0.29, 0.717) is 13.1 Å². The molecule has 1 atom stereocenters. The van der Waals surface area contributed by atoms with Gasteiger partial charge in [-0.25, -0.2) is 5.48 Å². The topological polar surface area (TPSA) is 85.9 Å². The maximum absolute atomic E-state index is 11.1. The number of nitrogens with zero attached hydrogens (tertiary/aromatic N) is 1. The van der Waals surface area contributed by atoms with Crippen molar-refractivity contribution in [2.75, 3.05) is 13.2 Å². The maximum Gasteiger partial charge on any atom is 0.267 e. The Balaban J connectivity index is 1.77. The molecule has 1 unspecified atom stereocenters. The fraction of sp³-hybridized carbons (Fsp3) is 0.316. The molecule has 1 amide bonds. The average Bonchev–Trinajstić information content (AvgIpc) is 3.28. The van der Waals surface area contributed by atoms with Gasteiger partial charge in [0.2, 0.25) is 0 Å². The van der Waals surface area contributed by atoms with Crippen LogP contribution in [-0.2, 0) is 17.8 Å². The lowest BCUT2D eigenvalue weighted by Gasteiger charge is -2.28. The van der Waals surface area contributed by atoms with Crippen molar-refractivity contribution in [3.63, 3.8) is 0 Å². The largest absolute Gasteiger partial charge is 0.468 e. The molecule has 1 aliphatic rings. The molecule has 0 bridgehead atoms. The molecule has 0 spiro atoms. The van der Waals surface area contributed by atoms with Crippen molar-refractivity contribution in [2.24, 2.45) is 0 Å². The van der Waals surface area contributed by atoms with Crippen molar-refractivity contribution in [1.82, 2.24) is 10.4 Å². The third-order valence-electron chi connectivity index (χ3n) is 4.52. The minimum atomic E-state index is -0.550. The summed E-state index contributed by atoms with van der Waals surface area (Å²) in [5.41, 5.74) is 5.00. The van der Waals surface area contributed by atoms with E-state index in [4.69, 9.17) is 9.62 Å². The lowest BCUT2D eigenvalue weighted by atomic mass is 10.0. The minimum absolute atomic E-state index is 0.101. The lowest BCUT2D eigenvalue weighted by Crippen LogP contribution is -2.29. The Bertz CT molecular complexity index is 740. The van der Waals surface area contributed by atoms with Crippen LogP contribution in [0.5, 0.6) is 0 Å². The second-order valence-corrected chi connectivity index (χ2v) is 6.10. The van der Waals surface area contributed by atoms with Gasteiger partial charge < -0.3 is 9.52 Å². The molecule has 25 heavy (non-hydrogen) atoms. The van der Waals surface area contributed by atoms with Crippen LogP contribution >= 0.6 is 0 Å². The van der Waals surface area contributed by atoms with E-state index in [1.165, 1.54) is 17.2 Å². The van der Waals surface area contributed by atoms with Crippen molar-refractivity contribution in [2.45, 2.75) is 25.4 Å². The van der Waals surface area contributed by atoms with E-state index in [2.05, 4.69) is 17.0 Å². The Hall–Kier alpha value is -2.41. The summed E-state index contributed by atoms with van der Waals surface area (Å²) in [5.74, 6) is 0.336. The highest BCUT2D eigenvalue weighted by Gasteiger charge is 2.28. The summed E-state index contributed by atoms with van der Waals surface area (Å²) in [4.78, 5) is 13.3. The van der Waals surface area contributed by atoms with Gasteiger partial charge in [-0.15, -0.1) is 0 Å². The fourth-order valence-electron chi connectivity index (χ4n) is 3.38. The second kappa shape index (κ2) is 8.11. The normalized spacial score (nSPS) is 16.5. The molecule has 0 fully saturated rings. The molecule has 0 saturated carbocycles. The molecule has 6 heteroatoms. The fourth-order valence-corrected chi connectivity index (χ4v) is 3.38. The zero-order valence-electron chi connectivity index (χ0n) is 13.9. The van der Waals surface area contributed by atoms with E-state index in [0.717, 1.165) is 24.2 Å². The number of hydrogen-bond acceptors (Lipinski definition) is 5. The number of carbonyl (C=O) groups is 1. The lowest BCUT2D eigenvalue weighted by molar-refractivity contribution is -0.124. The molecule has 0 aliphatic heterocycles. The number of aliphatic hydroxyl groups is 1. The quantitative estimate of drug-likeness (QED) is 0.408. The van der Waals surface area contributed by atoms with Crippen molar-refractivity contribution in [3.05, 3.63) is 65.1 Å². The minimum Gasteiger partial charge on any atom is -0.468 e. The van der Waals surface area contributed by atoms with Gasteiger partial charge in [0.15, 0.2) is 0 Å². The van der Waals surface area contributed by atoms with Gasteiger partial charge in [0.05, 0.1) is 19.4 Å². The number of amides is 1. The first kappa shape index (κ1) is 17.4. The zero-order chi connectivity index (χ0) is 17.6. The van der Waals surface area contributed by atoms with Crippen molar-refractivity contribution in [1.29, 1.82) is 0 Å². The van der Waals surface area contributed by atoms with Gasteiger partial charge in [0.25, 0.3) is 5.91 Å². The number of carbonyl (C=O) groups excluding carboxylic acids is 1. The zero-order valence-corrected chi connectivity index (χ0v) is 13.9. The van der Waals surface area contributed by atoms with Gasteiger partial charge in [-0.1, -0.05) is 18.2 Å². The Morgan fingerprint density at radius 1 is 1.40 bits per heavy atom. The van der Waals surface area contributed by atoms with E-state index in [9.17, 15) is 9.90 Å². The van der Waals surface area contributed by atoms with E-state index in [1.807, 2.05) is 18.2 Å². The summed E-state index contributed by atoms with van der Waals surface area (Å²) in [6.07, 6.45) is 6.57. The highest BCUT2D eigenvalue weighted by atomic mass is 16.5. The first-order valence-electron chi connectivity index (χ1n) is 8.33. The van der Waals surface area contributed by atoms with Crippen molar-refractivity contribution in [3.8, 4) is 0 Å². The third-order valence-corrected chi connectivity index (χ3v) is 4.52. The van der Waals surface area contributed by atoms with Crippen LogP contribution in [0.15, 0.2) is 47.1 Å². The van der Waals surface area contributed by atoms with E-state index in [1.54, 1.807) is 17.8 Å². The SMILES string of the molecule is O=C(C=Cc1ccc2c(c1)CCC2N(CCO)Cc1ccco1)NO. The number of nitrogens with one attached hydrogen (secondary N) is 1. The van der Waals surface area contributed by atoms with Crippen LogP contribution < -0.4 is 5.48 Å². The predicted molar refractivity (Wildman–Crippen MR) is 92.7 cm³/mol. The molecule has 0 radical (unpaired) electrons. The van der Waals surface area contributed by atoms with Crippen LogP contribution in [0, 0.1) is 0 Å². The molecule has 1 aliphatic carbocycles. The third kappa shape index (κ3) is 4.17. The van der Waals surface area contributed by atoms with Crippen molar-refractivity contribution >= 4 is 12.0 Å². The standard InChI is InChI=1S/C19H22N2O4/c22-10-9-21(13-16-2-1-11-25-16)18-7-5-15-12-14(3-6-17(15)18)4-8-19(23)20-24/h1-4,6,8,11-12,18,22,24H,5,7,9-10,13H2,(H,20,23). The number of furan rings is 1. The number of aliphatic hydroxyl groups excluding tert-OH is 1. The molecule has 3 rings (SSSR count). The van der Waals surface area contributed by atoms with Crippen LogP contribution in [0.3, 0.4) is 0 Å². The Morgan fingerprint density at radius 2 is 2.28 bits per heavy atom. The first-order valence-corrected chi connectivity index (χ1v) is 8.33. The summed E-state index contributed by atoms with van der Waals surface area (Å²) in [5, 5.41) is 18.0. The monoisotopic (exact) mass is 342 g/mol.